The summed E-state index contributed by atoms with van der Waals surface area (Å²) in [5.74, 6) is 0.0659. The molecule has 0 spiro atoms. The van der Waals surface area contributed by atoms with E-state index >= 15 is 0 Å². The quantitative estimate of drug-likeness (QED) is 0.783. The third-order valence-corrected chi connectivity index (χ3v) is 2.59. The molecule has 0 atom stereocenters. The van der Waals surface area contributed by atoms with E-state index in [-0.39, 0.29) is 17.0 Å². The van der Waals surface area contributed by atoms with Gasteiger partial charge in [-0.05, 0) is 17.7 Å². The van der Waals surface area contributed by atoms with Crippen LogP contribution in [0.1, 0.15) is 5.56 Å². The first kappa shape index (κ1) is 13.9. The van der Waals surface area contributed by atoms with Gasteiger partial charge in [0.05, 0.1) is 5.33 Å². The van der Waals surface area contributed by atoms with E-state index in [1.54, 1.807) is 19.2 Å². The second-order valence-corrected chi connectivity index (χ2v) is 3.97. The summed E-state index contributed by atoms with van der Waals surface area (Å²) in [5.41, 5.74) is 0.850. The first-order chi connectivity index (χ1) is 8.02. The van der Waals surface area contributed by atoms with E-state index < -0.39 is 6.61 Å². The molecule has 0 radical (unpaired) electrons. The summed E-state index contributed by atoms with van der Waals surface area (Å²) < 4.78 is 28.0. The minimum absolute atomic E-state index is 0.0436. The van der Waals surface area contributed by atoms with E-state index in [0.717, 1.165) is 5.56 Å². The molecule has 17 heavy (non-hydrogen) atoms. The van der Waals surface area contributed by atoms with Crippen LogP contribution >= 0.6 is 15.9 Å². The maximum Gasteiger partial charge on any atom is 0.387 e. The summed E-state index contributed by atoms with van der Waals surface area (Å²) in [4.78, 5) is 12.8. The van der Waals surface area contributed by atoms with Crippen LogP contribution in [0.2, 0.25) is 0 Å². The zero-order valence-corrected chi connectivity index (χ0v) is 10.8. The molecule has 0 aromatic heterocycles. The van der Waals surface area contributed by atoms with Crippen LogP contribution in [0.15, 0.2) is 24.3 Å². The Balaban J connectivity index is 2.59. The summed E-state index contributed by atoms with van der Waals surface area (Å²) in [7, 11) is 1.67. The number of amides is 1. The number of hydrogen-bond donors (Lipinski definition) is 0. The average Bonchev–Trinajstić information content (AvgIpc) is 2.30. The number of halogens is 3. The van der Waals surface area contributed by atoms with Crippen molar-refractivity contribution in [1.82, 2.24) is 4.90 Å². The van der Waals surface area contributed by atoms with Crippen LogP contribution in [-0.4, -0.2) is 29.8 Å². The Morgan fingerprint density at radius 2 is 2.00 bits per heavy atom. The molecule has 0 fully saturated rings. The van der Waals surface area contributed by atoms with E-state index in [4.69, 9.17) is 0 Å². The fourth-order valence-corrected chi connectivity index (χ4v) is 1.67. The Morgan fingerprint density at radius 1 is 1.41 bits per heavy atom. The van der Waals surface area contributed by atoms with Gasteiger partial charge in [-0.1, -0.05) is 28.1 Å². The molecular weight excluding hydrogens is 296 g/mol. The molecule has 0 aliphatic carbocycles. The van der Waals surface area contributed by atoms with Gasteiger partial charge in [0, 0.05) is 13.6 Å². The summed E-state index contributed by atoms with van der Waals surface area (Å²) in [6, 6.07) is 6.20. The van der Waals surface area contributed by atoms with E-state index in [9.17, 15) is 13.6 Å². The molecule has 1 amide bonds. The first-order valence-electron chi connectivity index (χ1n) is 4.86. The van der Waals surface area contributed by atoms with Gasteiger partial charge in [-0.2, -0.15) is 8.78 Å². The average molecular weight is 308 g/mol. The highest BCUT2D eigenvalue weighted by molar-refractivity contribution is 9.09. The highest BCUT2D eigenvalue weighted by Gasteiger charge is 2.08. The van der Waals surface area contributed by atoms with Crippen LogP contribution in [0.25, 0.3) is 0 Å². The van der Waals surface area contributed by atoms with Gasteiger partial charge in [-0.3, -0.25) is 4.79 Å². The third-order valence-electron chi connectivity index (χ3n) is 2.11. The summed E-state index contributed by atoms with van der Waals surface area (Å²) >= 11 is 3.07. The minimum atomic E-state index is -2.82. The third kappa shape index (κ3) is 4.68. The summed E-state index contributed by atoms with van der Waals surface area (Å²) in [6.45, 7) is -2.39. The number of alkyl halides is 3. The molecular formula is C11H12BrF2NO2. The number of benzene rings is 1. The van der Waals surface area contributed by atoms with Crippen molar-refractivity contribution in [3.05, 3.63) is 29.8 Å². The Morgan fingerprint density at radius 3 is 2.47 bits per heavy atom. The molecule has 0 saturated heterocycles. The lowest BCUT2D eigenvalue weighted by Gasteiger charge is -2.16. The molecule has 1 aromatic carbocycles. The SMILES string of the molecule is CN(Cc1ccc(OC(F)F)cc1)C(=O)CBr. The smallest absolute Gasteiger partial charge is 0.387 e. The van der Waals surface area contributed by atoms with Crippen molar-refractivity contribution in [2.24, 2.45) is 0 Å². The fourth-order valence-electron chi connectivity index (χ4n) is 1.24. The van der Waals surface area contributed by atoms with E-state index in [2.05, 4.69) is 20.7 Å². The van der Waals surface area contributed by atoms with Crippen molar-refractivity contribution in [3.63, 3.8) is 0 Å². The maximum atomic E-state index is 11.9. The van der Waals surface area contributed by atoms with Gasteiger partial charge < -0.3 is 9.64 Å². The van der Waals surface area contributed by atoms with Crippen molar-refractivity contribution in [1.29, 1.82) is 0 Å². The normalized spacial score (nSPS) is 10.4. The number of carbonyl (C=O) groups is 1. The van der Waals surface area contributed by atoms with E-state index in [1.807, 2.05) is 0 Å². The minimum Gasteiger partial charge on any atom is -0.435 e. The lowest BCUT2D eigenvalue weighted by atomic mass is 10.2. The number of rotatable bonds is 5. The van der Waals surface area contributed by atoms with Gasteiger partial charge in [0.2, 0.25) is 5.91 Å². The van der Waals surface area contributed by atoms with Crippen LogP contribution in [0.3, 0.4) is 0 Å². The van der Waals surface area contributed by atoms with Crippen molar-refractivity contribution >= 4 is 21.8 Å². The Kier molecular flexibility index (Phi) is 5.34. The van der Waals surface area contributed by atoms with Gasteiger partial charge in [0.25, 0.3) is 0 Å². The van der Waals surface area contributed by atoms with Crippen molar-refractivity contribution in [2.75, 3.05) is 12.4 Å². The number of ether oxygens (including phenoxy) is 1. The Bertz CT molecular complexity index is 370. The predicted molar refractivity (Wildman–Crippen MR) is 63.3 cm³/mol. The molecule has 0 N–H and O–H groups in total. The van der Waals surface area contributed by atoms with Crippen LogP contribution in [-0.2, 0) is 11.3 Å². The standard InChI is InChI=1S/C11H12BrF2NO2/c1-15(10(16)6-12)7-8-2-4-9(5-3-8)17-11(13)14/h2-5,11H,6-7H2,1H3. The topological polar surface area (TPSA) is 29.5 Å². The zero-order chi connectivity index (χ0) is 12.8. The van der Waals surface area contributed by atoms with Crippen LogP contribution in [0.5, 0.6) is 5.75 Å². The number of carbonyl (C=O) groups excluding carboxylic acids is 1. The summed E-state index contributed by atoms with van der Waals surface area (Å²) in [6.07, 6.45) is 0. The molecule has 0 bridgehead atoms. The first-order valence-corrected chi connectivity index (χ1v) is 5.98. The van der Waals surface area contributed by atoms with Crippen molar-refractivity contribution < 1.29 is 18.3 Å². The lowest BCUT2D eigenvalue weighted by Crippen LogP contribution is -2.26. The molecule has 1 rings (SSSR count). The molecule has 0 saturated carbocycles. The van der Waals surface area contributed by atoms with Gasteiger partial charge in [-0.15, -0.1) is 0 Å². The van der Waals surface area contributed by atoms with Gasteiger partial charge in [0.15, 0.2) is 0 Å². The van der Waals surface area contributed by atoms with Crippen LogP contribution in [0, 0.1) is 0 Å². The molecule has 0 aliphatic heterocycles. The zero-order valence-electron chi connectivity index (χ0n) is 9.20. The Hall–Kier alpha value is -1.17. The van der Waals surface area contributed by atoms with Crippen LogP contribution < -0.4 is 4.74 Å². The predicted octanol–water partition coefficient (Wildman–Crippen LogP) is 2.64. The highest BCUT2D eigenvalue weighted by atomic mass is 79.9. The molecule has 6 heteroatoms. The molecule has 0 unspecified atom stereocenters. The largest absolute Gasteiger partial charge is 0.435 e. The number of nitrogens with zero attached hydrogens (tertiary/aromatic N) is 1. The second kappa shape index (κ2) is 6.54. The number of hydrogen-bond acceptors (Lipinski definition) is 2. The fraction of sp³-hybridized carbons (Fsp3) is 0.364. The van der Waals surface area contributed by atoms with E-state index in [0.29, 0.717) is 6.54 Å². The molecule has 0 heterocycles. The highest BCUT2D eigenvalue weighted by Crippen LogP contribution is 2.15. The van der Waals surface area contributed by atoms with Gasteiger partial charge in [-0.25, -0.2) is 0 Å². The molecule has 3 nitrogen and oxygen atoms in total. The van der Waals surface area contributed by atoms with Crippen LogP contribution in [0.4, 0.5) is 8.78 Å². The molecule has 0 aliphatic rings. The Labute approximate surface area is 106 Å². The van der Waals surface area contributed by atoms with Crippen molar-refractivity contribution in [3.8, 4) is 5.75 Å². The van der Waals surface area contributed by atoms with Crippen molar-refractivity contribution in [2.45, 2.75) is 13.2 Å². The molecule has 94 valence electrons. The van der Waals surface area contributed by atoms with E-state index in [1.165, 1.54) is 17.0 Å². The monoisotopic (exact) mass is 307 g/mol. The maximum absolute atomic E-state index is 11.9. The van der Waals surface area contributed by atoms with Gasteiger partial charge >= 0.3 is 6.61 Å². The summed E-state index contributed by atoms with van der Waals surface area (Å²) in [5, 5.41) is 0.260. The van der Waals surface area contributed by atoms with Gasteiger partial charge in [0.1, 0.15) is 5.75 Å². The second-order valence-electron chi connectivity index (χ2n) is 3.41. The molecule has 1 aromatic rings. The lowest BCUT2D eigenvalue weighted by molar-refractivity contribution is -0.127.